The highest BCUT2D eigenvalue weighted by Crippen LogP contribution is 2.38. The van der Waals surface area contributed by atoms with Crippen molar-refractivity contribution in [2.24, 2.45) is 0 Å². The summed E-state index contributed by atoms with van der Waals surface area (Å²) in [6, 6.07) is 43.8. The molecule has 0 aliphatic heterocycles. The minimum atomic E-state index is 0.800. The summed E-state index contributed by atoms with van der Waals surface area (Å²) in [4.78, 5) is 19.1. The fourth-order valence-corrected chi connectivity index (χ4v) is 10.2. The van der Waals surface area contributed by atoms with E-state index in [-0.39, 0.29) is 0 Å². The minimum Gasteiger partial charge on any atom is -0.398 e. The van der Waals surface area contributed by atoms with E-state index in [4.69, 9.17) is 25.7 Å². The van der Waals surface area contributed by atoms with Gasteiger partial charge in [-0.2, -0.15) is 0 Å². The zero-order valence-electron chi connectivity index (χ0n) is 27.5. The molecule has 3 N–H and O–H groups in total. The SMILES string of the molecule is Nc1ccc(-c2nc3ccc(-c4nc5ccccc5s4)cc3s2)cc1[125I].[11CH3]Nc1ccc(-c2nc3ccc(-c4nc5ccccc5s4)cc3s2)cc1. The smallest absolute Gasteiger partial charge is 0.124 e. The Balaban J connectivity index is 0.000000138. The molecule has 10 aromatic rings. The second kappa shape index (κ2) is 14.0. The fraction of sp³-hybridized carbons (Fsp3) is 0.0244. The van der Waals surface area contributed by atoms with Crippen molar-refractivity contribution in [1.29, 1.82) is 0 Å². The molecule has 0 saturated carbocycles. The molecule has 4 aromatic heterocycles. The van der Waals surface area contributed by atoms with Crippen molar-refractivity contribution in [3.05, 3.63) is 131 Å². The van der Waals surface area contributed by atoms with Crippen LogP contribution in [0.15, 0.2) is 127 Å². The number of anilines is 2. The largest absolute Gasteiger partial charge is 0.398 e. The van der Waals surface area contributed by atoms with Crippen LogP contribution in [0.2, 0.25) is 0 Å². The van der Waals surface area contributed by atoms with Crippen molar-refractivity contribution in [2.45, 2.75) is 0 Å². The van der Waals surface area contributed by atoms with Crippen LogP contribution in [0.1, 0.15) is 0 Å². The summed E-state index contributed by atoms with van der Waals surface area (Å²) in [6.45, 7) is 0. The molecule has 252 valence electrons. The summed E-state index contributed by atoms with van der Waals surface area (Å²) in [5.74, 6) is 0. The second-order valence-electron chi connectivity index (χ2n) is 11.9. The van der Waals surface area contributed by atoms with Crippen molar-refractivity contribution in [3.8, 4) is 42.3 Å². The van der Waals surface area contributed by atoms with Crippen LogP contribution in [0.25, 0.3) is 83.2 Å². The molecule has 6 nitrogen and oxygen atoms in total. The summed E-state index contributed by atoms with van der Waals surface area (Å²) < 4.78 is 5.84. The van der Waals surface area contributed by atoms with Crippen LogP contribution in [0.5, 0.6) is 0 Å². The van der Waals surface area contributed by atoms with E-state index in [1.807, 2.05) is 31.3 Å². The topological polar surface area (TPSA) is 89.6 Å². The lowest BCUT2D eigenvalue weighted by atomic mass is 10.2. The first-order valence-electron chi connectivity index (χ1n) is 16.3. The number of nitrogens with zero attached hydrogens (tertiary/aromatic N) is 4. The molecule has 0 saturated heterocycles. The Hall–Kier alpha value is -4.79. The third-order valence-corrected chi connectivity index (χ3v) is 13.8. The molecule has 10 rings (SSSR count). The van der Waals surface area contributed by atoms with Gasteiger partial charge >= 0.3 is 0 Å². The van der Waals surface area contributed by atoms with Crippen molar-refractivity contribution >= 4 is 120 Å². The van der Waals surface area contributed by atoms with E-state index in [9.17, 15) is 0 Å². The van der Waals surface area contributed by atoms with Gasteiger partial charge in [0.05, 0.1) is 40.9 Å². The number of nitrogen functional groups attached to an aromatic ring is 1. The Kier molecular flexibility index (Phi) is 8.89. The molecule has 0 spiro atoms. The van der Waals surface area contributed by atoms with Crippen LogP contribution in [-0.2, 0) is 0 Å². The summed E-state index contributed by atoms with van der Waals surface area (Å²) in [6.07, 6.45) is 0. The maximum Gasteiger partial charge on any atom is 0.124 e. The Morgan fingerprint density at radius 1 is 0.462 bits per heavy atom. The van der Waals surface area contributed by atoms with Crippen LogP contribution >= 0.6 is 67.9 Å². The number of nitrogens with two attached hydrogens (primary N) is 1. The van der Waals surface area contributed by atoms with E-state index in [0.717, 1.165) is 79.3 Å². The Morgan fingerprint density at radius 3 is 1.35 bits per heavy atom. The molecule has 0 fully saturated rings. The molecule has 4 heterocycles. The third-order valence-electron chi connectivity index (χ3n) is 8.53. The number of benzene rings is 6. The molecule has 0 radical (unpaired) electrons. The quantitative estimate of drug-likeness (QED) is 0.132. The number of nitrogens with one attached hydrogen (secondary N) is 1. The Bertz CT molecular complexity index is 2820. The first-order chi connectivity index (χ1) is 25.5. The van der Waals surface area contributed by atoms with Gasteiger partial charge < -0.3 is 11.1 Å². The van der Waals surface area contributed by atoms with E-state index >= 15 is 0 Å². The molecular formula is C41H27IN6S4. The van der Waals surface area contributed by atoms with Crippen molar-refractivity contribution in [2.75, 3.05) is 18.1 Å². The number of para-hydroxylation sites is 2. The average molecular weight is 856 g/mol. The highest BCUT2D eigenvalue weighted by molar-refractivity contribution is 14.1. The van der Waals surface area contributed by atoms with Crippen molar-refractivity contribution in [1.82, 2.24) is 19.9 Å². The van der Waals surface area contributed by atoms with Crippen LogP contribution in [0, 0.1) is 3.57 Å². The summed E-state index contributed by atoms with van der Waals surface area (Å²) in [5, 5.41) is 7.31. The van der Waals surface area contributed by atoms with Gasteiger partial charge in [-0.3, -0.25) is 0 Å². The molecule has 0 bridgehead atoms. The van der Waals surface area contributed by atoms with Gasteiger partial charge in [-0.15, -0.1) is 45.3 Å². The number of aromatic nitrogens is 4. The number of fused-ring (bicyclic) bond motifs is 4. The lowest BCUT2D eigenvalue weighted by molar-refractivity contribution is 1.45. The lowest BCUT2D eigenvalue weighted by Crippen LogP contribution is -1.88. The van der Waals surface area contributed by atoms with E-state index in [1.165, 1.54) is 18.8 Å². The Morgan fingerprint density at radius 2 is 0.865 bits per heavy atom. The molecule has 11 heteroatoms. The van der Waals surface area contributed by atoms with E-state index in [2.05, 4.69) is 131 Å². The standard InChI is InChI=1S/C21H15N3S2.C20H12IN3S2/c1-22-15-9-6-13(7-10-15)20-24-17-11-8-14(12-19(17)26-20)21-23-16-4-2-3-5-18(16)25-21;21-13-9-11(5-7-14(13)22)19-24-16-8-6-12(10-18(16)26-19)20-23-15-3-1-2-4-17(15)25-20/h2-12,22H,1H3;1-10H,22H2/i1-1;21-2. The first-order valence-corrected chi connectivity index (χ1v) is 20.7. The molecule has 0 aliphatic rings. The van der Waals surface area contributed by atoms with E-state index in [1.54, 1.807) is 45.3 Å². The minimum absolute atomic E-state index is 0.800. The fourth-order valence-electron chi connectivity index (χ4n) is 5.79. The van der Waals surface area contributed by atoms with Crippen LogP contribution in [0.3, 0.4) is 0 Å². The predicted octanol–water partition coefficient (Wildman–Crippen LogP) is 12.7. The van der Waals surface area contributed by atoms with Crippen LogP contribution in [0.4, 0.5) is 11.4 Å². The highest BCUT2D eigenvalue weighted by atomic mass is 125. The maximum atomic E-state index is 5.93. The predicted molar refractivity (Wildman–Crippen MR) is 234 cm³/mol. The zero-order valence-corrected chi connectivity index (χ0v) is 32.9. The molecule has 0 aliphatic carbocycles. The van der Waals surface area contributed by atoms with E-state index < -0.39 is 0 Å². The van der Waals surface area contributed by atoms with Crippen molar-refractivity contribution in [3.63, 3.8) is 0 Å². The number of halogens is 1. The van der Waals surface area contributed by atoms with Gasteiger partial charge in [-0.1, -0.05) is 24.3 Å². The lowest BCUT2D eigenvalue weighted by Gasteiger charge is -2.00. The van der Waals surface area contributed by atoms with E-state index in [0.29, 0.717) is 0 Å². The molecule has 0 amide bonds. The normalized spacial score (nSPS) is 11.3. The van der Waals surface area contributed by atoms with Crippen LogP contribution < -0.4 is 11.1 Å². The zero-order chi connectivity index (χ0) is 35.2. The monoisotopic (exact) mass is 855 g/mol. The summed E-state index contributed by atoms with van der Waals surface area (Å²) in [5.41, 5.74) is 16.5. The van der Waals surface area contributed by atoms with Gasteiger partial charge in [0.1, 0.15) is 20.0 Å². The van der Waals surface area contributed by atoms with Crippen LogP contribution in [-0.4, -0.2) is 27.0 Å². The number of hydrogen-bond donors (Lipinski definition) is 2. The molecular weight excluding hydrogens is 829 g/mol. The van der Waals surface area contributed by atoms with Gasteiger partial charge in [-0.25, -0.2) is 19.9 Å². The van der Waals surface area contributed by atoms with Gasteiger partial charge in [0.2, 0.25) is 0 Å². The molecule has 6 aromatic carbocycles. The maximum absolute atomic E-state index is 5.93. The van der Waals surface area contributed by atoms with Gasteiger partial charge in [0, 0.05) is 44.2 Å². The van der Waals surface area contributed by atoms with Gasteiger partial charge in [0.15, 0.2) is 0 Å². The number of thiazole rings is 4. The summed E-state index contributed by atoms with van der Waals surface area (Å²) in [7, 11) is 1.93. The highest BCUT2D eigenvalue weighted by Gasteiger charge is 2.13. The van der Waals surface area contributed by atoms with Crippen molar-refractivity contribution < 1.29 is 0 Å². The molecule has 52 heavy (non-hydrogen) atoms. The molecule has 0 atom stereocenters. The van der Waals surface area contributed by atoms with Gasteiger partial charge in [-0.05, 0) is 126 Å². The average Bonchev–Trinajstić information content (AvgIpc) is 3.99. The first kappa shape index (κ1) is 33.1. The van der Waals surface area contributed by atoms with Gasteiger partial charge in [0.25, 0.3) is 0 Å². The number of hydrogen-bond acceptors (Lipinski definition) is 10. The summed E-state index contributed by atoms with van der Waals surface area (Å²) >= 11 is 9.14. The second-order valence-corrected chi connectivity index (χ2v) is 17.2. The molecule has 0 unspecified atom stereocenters. The number of rotatable bonds is 5. The Labute approximate surface area is 328 Å². The third kappa shape index (κ3) is 6.54.